The molecule has 6 N–H and O–H groups in total. The number of aromatic hydroxyl groups is 6. The van der Waals surface area contributed by atoms with Crippen molar-refractivity contribution in [2.45, 2.75) is 13.8 Å². The van der Waals surface area contributed by atoms with E-state index in [1.807, 2.05) is 0 Å². The van der Waals surface area contributed by atoms with Crippen LogP contribution in [0.25, 0.3) is 0 Å². The third-order valence-corrected chi connectivity index (χ3v) is 2.59. The van der Waals surface area contributed by atoms with E-state index in [1.165, 1.54) is 12.1 Å². The lowest BCUT2D eigenvalue weighted by Gasteiger charge is -2.00. The third-order valence-electron chi connectivity index (χ3n) is 2.59. The molecule has 0 unspecified atom stereocenters. The number of phenols is 6. The van der Waals surface area contributed by atoms with Gasteiger partial charge in [0.25, 0.3) is 0 Å². The molecule has 0 aliphatic carbocycles. The molecule has 6 heteroatoms. The molecule has 0 radical (unpaired) electrons. The fourth-order valence-electron chi connectivity index (χ4n) is 1.34. The summed E-state index contributed by atoms with van der Waals surface area (Å²) < 4.78 is 0. The summed E-state index contributed by atoms with van der Waals surface area (Å²) in [7, 11) is 0. The van der Waals surface area contributed by atoms with Crippen molar-refractivity contribution in [3.05, 3.63) is 35.4 Å². The van der Waals surface area contributed by atoms with Crippen LogP contribution in [0, 0.1) is 13.8 Å². The summed E-state index contributed by atoms with van der Waals surface area (Å²) >= 11 is 0. The molecule has 0 bridgehead atoms. The molecule has 20 heavy (non-hydrogen) atoms. The highest BCUT2D eigenvalue weighted by Crippen LogP contribution is 2.31. The number of hydrogen-bond acceptors (Lipinski definition) is 6. The van der Waals surface area contributed by atoms with Gasteiger partial charge in [0, 0.05) is 12.1 Å². The largest absolute Gasteiger partial charge is 0.508 e. The van der Waals surface area contributed by atoms with Crippen LogP contribution >= 0.6 is 0 Å². The summed E-state index contributed by atoms with van der Waals surface area (Å²) in [6.07, 6.45) is 0. The van der Waals surface area contributed by atoms with Crippen molar-refractivity contribution in [1.29, 1.82) is 0 Å². The molecule has 0 aromatic heterocycles. The zero-order valence-corrected chi connectivity index (χ0v) is 11.0. The van der Waals surface area contributed by atoms with Crippen LogP contribution in [0.5, 0.6) is 34.5 Å². The summed E-state index contributed by atoms with van der Waals surface area (Å²) in [6, 6.07) is 4.80. The van der Waals surface area contributed by atoms with Crippen LogP contribution < -0.4 is 0 Å². The zero-order chi connectivity index (χ0) is 15.4. The fraction of sp³-hybridized carbons (Fsp3) is 0.143. The Morgan fingerprint density at radius 3 is 0.950 bits per heavy atom. The van der Waals surface area contributed by atoms with Crippen molar-refractivity contribution >= 4 is 0 Å². The predicted molar refractivity (Wildman–Crippen MR) is 72.3 cm³/mol. The number of benzene rings is 2. The van der Waals surface area contributed by atoms with E-state index in [-0.39, 0.29) is 34.5 Å². The van der Waals surface area contributed by atoms with E-state index in [1.54, 1.807) is 13.8 Å². The Morgan fingerprint density at radius 2 is 0.700 bits per heavy atom. The van der Waals surface area contributed by atoms with E-state index in [0.717, 1.165) is 12.1 Å². The lowest BCUT2D eigenvalue weighted by atomic mass is 10.2. The van der Waals surface area contributed by atoms with E-state index in [2.05, 4.69) is 0 Å². The molecule has 6 nitrogen and oxygen atoms in total. The Labute approximate surface area is 115 Å². The van der Waals surface area contributed by atoms with Crippen LogP contribution in [0.1, 0.15) is 11.1 Å². The molecule has 0 fully saturated rings. The smallest absolute Gasteiger partial charge is 0.161 e. The van der Waals surface area contributed by atoms with Gasteiger partial charge in [-0.1, -0.05) is 0 Å². The van der Waals surface area contributed by atoms with Crippen LogP contribution in [0.15, 0.2) is 24.3 Å². The van der Waals surface area contributed by atoms with E-state index >= 15 is 0 Å². The third kappa shape index (κ3) is 3.61. The number of aryl methyl sites for hydroxylation is 2. The second-order valence-electron chi connectivity index (χ2n) is 4.25. The molecule has 0 saturated heterocycles. The lowest BCUT2D eigenvalue weighted by molar-refractivity contribution is 0.395. The van der Waals surface area contributed by atoms with Gasteiger partial charge in [-0.05, 0) is 37.1 Å². The Kier molecular flexibility index (Phi) is 4.53. The molecule has 2 aromatic rings. The standard InChI is InChI=1S/2C7H8O3/c2*1-4-2-6(9)7(10)3-5(4)8/h2*2-3,8-10H,1H3. The molecule has 0 saturated carbocycles. The first-order valence-corrected chi connectivity index (χ1v) is 5.65. The molecular weight excluding hydrogens is 264 g/mol. The molecule has 0 aliphatic rings. The van der Waals surface area contributed by atoms with Gasteiger partial charge >= 0.3 is 0 Å². The van der Waals surface area contributed by atoms with Gasteiger partial charge in [0.1, 0.15) is 11.5 Å². The molecular formula is C14H16O6. The van der Waals surface area contributed by atoms with Crippen molar-refractivity contribution in [3.63, 3.8) is 0 Å². The number of phenolic OH excluding ortho intramolecular Hbond substituents is 6. The summed E-state index contributed by atoms with van der Waals surface area (Å²) in [4.78, 5) is 0. The van der Waals surface area contributed by atoms with Crippen LogP contribution in [0.2, 0.25) is 0 Å². The van der Waals surface area contributed by atoms with Crippen molar-refractivity contribution in [3.8, 4) is 34.5 Å². The SMILES string of the molecule is Cc1cc(O)c(O)cc1O.Cc1cc(O)c(O)cc1O. The summed E-state index contributed by atoms with van der Waals surface area (Å²) in [5.74, 6) is -1.07. The minimum atomic E-state index is -0.303. The Balaban J connectivity index is 0.000000200. The van der Waals surface area contributed by atoms with Gasteiger partial charge < -0.3 is 30.6 Å². The predicted octanol–water partition coefficient (Wildman–Crippen LogP) is 2.22. The molecule has 0 aliphatic heterocycles. The Bertz CT molecular complexity index is 466. The topological polar surface area (TPSA) is 121 Å². The highest BCUT2D eigenvalue weighted by molar-refractivity contribution is 5.48. The maximum Gasteiger partial charge on any atom is 0.161 e. The number of rotatable bonds is 0. The molecule has 108 valence electrons. The van der Waals surface area contributed by atoms with Crippen molar-refractivity contribution < 1.29 is 30.6 Å². The maximum absolute atomic E-state index is 8.95. The molecule has 2 rings (SSSR count). The molecule has 0 heterocycles. The minimum Gasteiger partial charge on any atom is -0.508 e. The Morgan fingerprint density at radius 1 is 0.450 bits per heavy atom. The first-order chi connectivity index (χ1) is 9.22. The van der Waals surface area contributed by atoms with Gasteiger partial charge in [0.2, 0.25) is 0 Å². The normalized spacial score (nSPS) is 9.70. The quantitative estimate of drug-likeness (QED) is 0.325. The van der Waals surface area contributed by atoms with Crippen LogP contribution in [-0.2, 0) is 0 Å². The first-order valence-electron chi connectivity index (χ1n) is 5.65. The highest BCUT2D eigenvalue weighted by atomic mass is 16.3. The monoisotopic (exact) mass is 280 g/mol. The average molecular weight is 280 g/mol. The van der Waals surface area contributed by atoms with Gasteiger partial charge in [-0.3, -0.25) is 0 Å². The molecule has 0 amide bonds. The molecule has 2 aromatic carbocycles. The summed E-state index contributed by atoms with van der Waals surface area (Å²) in [5, 5.41) is 53.3. The summed E-state index contributed by atoms with van der Waals surface area (Å²) in [5.41, 5.74) is 1.07. The van der Waals surface area contributed by atoms with Crippen LogP contribution in [0.4, 0.5) is 0 Å². The average Bonchev–Trinajstić information content (AvgIpc) is 2.35. The van der Waals surface area contributed by atoms with E-state index < -0.39 is 0 Å². The van der Waals surface area contributed by atoms with Gasteiger partial charge in [0.05, 0.1) is 0 Å². The van der Waals surface area contributed by atoms with Crippen LogP contribution in [-0.4, -0.2) is 30.6 Å². The molecule has 0 atom stereocenters. The van der Waals surface area contributed by atoms with Crippen molar-refractivity contribution in [2.75, 3.05) is 0 Å². The second-order valence-corrected chi connectivity index (χ2v) is 4.25. The van der Waals surface area contributed by atoms with Gasteiger partial charge in [0.15, 0.2) is 23.0 Å². The van der Waals surface area contributed by atoms with Gasteiger partial charge in [-0.15, -0.1) is 0 Å². The van der Waals surface area contributed by atoms with E-state index in [9.17, 15) is 0 Å². The van der Waals surface area contributed by atoms with Gasteiger partial charge in [-0.2, -0.15) is 0 Å². The first kappa shape index (κ1) is 15.3. The summed E-state index contributed by atoms with van der Waals surface area (Å²) in [6.45, 7) is 3.27. The maximum atomic E-state index is 8.95. The zero-order valence-electron chi connectivity index (χ0n) is 11.0. The van der Waals surface area contributed by atoms with E-state index in [4.69, 9.17) is 30.6 Å². The number of hydrogen-bond donors (Lipinski definition) is 6. The van der Waals surface area contributed by atoms with Crippen LogP contribution in [0.3, 0.4) is 0 Å². The van der Waals surface area contributed by atoms with Gasteiger partial charge in [-0.25, -0.2) is 0 Å². The lowest BCUT2D eigenvalue weighted by Crippen LogP contribution is -1.74. The minimum absolute atomic E-state index is 0.0182. The molecule has 0 spiro atoms. The van der Waals surface area contributed by atoms with E-state index in [0.29, 0.717) is 11.1 Å². The van der Waals surface area contributed by atoms with Crippen molar-refractivity contribution in [1.82, 2.24) is 0 Å². The second kappa shape index (κ2) is 5.92. The Hall–Kier alpha value is -2.76. The van der Waals surface area contributed by atoms with Crippen molar-refractivity contribution in [2.24, 2.45) is 0 Å². The highest BCUT2D eigenvalue weighted by Gasteiger charge is 2.03. The fourth-order valence-corrected chi connectivity index (χ4v) is 1.34.